The highest BCUT2D eigenvalue weighted by atomic mass is 14.8. The first-order valence-electron chi connectivity index (χ1n) is 5.94. The Morgan fingerprint density at radius 2 is 2.07 bits per heavy atom. The van der Waals surface area contributed by atoms with Crippen LogP contribution in [0.25, 0.3) is 0 Å². The van der Waals surface area contributed by atoms with Crippen molar-refractivity contribution in [1.29, 1.82) is 0 Å². The lowest BCUT2D eigenvalue weighted by atomic mass is 10.2. The fourth-order valence-electron chi connectivity index (χ4n) is 1.62. The topological polar surface area (TPSA) is 24.9 Å². The lowest BCUT2D eigenvalue weighted by Crippen LogP contribution is -2.14. The van der Waals surface area contributed by atoms with Gasteiger partial charge in [0.25, 0.3) is 0 Å². The third-order valence-electron chi connectivity index (χ3n) is 2.47. The summed E-state index contributed by atoms with van der Waals surface area (Å²) in [5.74, 6) is 0. The third-order valence-corrected chi connectivity index (χ3v) is 2.47. The van der Waals surface area contributed by atoms with Crippen molar-refractivity contribution in [3.63, 3.8) is 0 Å². The van der Waals surface area contributed by atoms with Gasteiger partial charge in [0.15, 0.2) is 0 Å². The molecular weight excluding hydrogens is 184 g/mol. The molecule has 0 saturated carbocycles. The molecule has 0 amide bonds. The van der Waals surface area contributed by atoms with Crippen LogP contribution in [0.5, 0.6) is 0 Å². The molecule has 0 bridgehead atoms. The quantitative estimate of drug-likeness (QED) is 0.694. The van der Waals surface area contributed by atoms with Crippen LogP contribution in [0.2, 0.25) is 0 Å². The van der Waals surface area contributed by atoms with Gasteiger partial charge in [0.2, 0.25) is 0 Å². The van der Waals surface area contributed by atoms with Crippen LogP contribution in [-0.2, 0) is 6.54 Å². The van der Waals surface area contributed by atoms with Gasteiger partial charge < -0.3 is 5.32 Å². The molecule has 1 aromatic rings. The molecule has 1 rings (SSSR count). The molecule has 1 N–H and O–H groups in total. The number of nitrogens with one attached hydrogen (secondary N) is 1. The molecule has 0 aliphatic rings. The molecule has 2 heteroatoms. The predicted molar refractivity (Wildman–Crippen MR) is 64.8 cm³/mol. The maximum atomic E-state index is 4.17. The average molecular weight is 206 g/mol. The zero-order chi connectivity index (χ0) is 10.9. The third kappa shape index (κ3) is 5.53. The van der Waals surface area contributed by atoms with Gasteiger partial charge in [-0.3, -0.25) is 4.98 Å². The average Bonchev–Trinajstić information content (AvgIpc) is 2.23. The van der Waals surface area contributed by atoms with Crippen LogP contribution >= 0.6 is 0 Å². The van der Waals surface area contributed by atoms with Gasteiger partial charge in [-0.2, -0.15) is 0 Å². The minimum Gasteiger partial charge on any atom is -0.313 e. The summed E-state index contributed by atoms with van der Waals surface area (Å²) in [5, 5.41) is 3.45. The molecule has 1 heterocycles. The number of hydrogen-bond acceptors (Lipinski definition) is 2. The van der Waals surface area contributed by atoms with E-state index in [9.17, 15) is 0 Å². The maximum absolute atomic E-state index is 4.17. The van der Waals surface area contributed by atoms with E-state index in [0.717, 1.165) is 13.1 Å². The summed E-state index contributed by atoms with van der Waals surface area (Å²) in [6.07, 6.45) is 9.12. The van der Waals surface area contributed by atoms with E-state index >= 15 is 0 Å². The van der Waals surface area contributed by atoms with Crippen LogP contribution in [0, 0.1) is 6.92 Å². The van der Waals surface area contributed by atoms with E-state index in [4.69, 9.17) is 0 Å². The van der Waals surface area contributed by atoms with Crippen LogP contribution in [0.4, 0.5) is 0 Å². The summed E-state index contributed by atoms with van der Waals surface area (Å²) in [4.78, 5) is 4.17. The first kappa shape index (κ1) is 12.2. The van der Waals surface area contributed by atoms with E-state index in [-0.39, 0.29) is 0 Å². The summed E-state index contributed by atoms with van der Waals surface area (Å²) in [5.41, 5.74) is 2.52. The van der Waals surface area contributed by atoms with Crippen molar-refractivity contribution in [3.8, 4) is 0 Å². The lowest BCUT2D eigenvalue weighted by molar-refractivity contribution is 0.597. The number of rotatable bonds is 7. The normalized spacial score (nSPS) is 10.5. The molecule has 2 nitrogen and oxygen atoms in total. The van der Waals surface area contributed by atoms with Crippen molar-refractivity contribution in [3.05, 3.63) is 29.6 Å². The summed E-state index contributed by atoms with van der Waals surface area (Å²) in [6.45, 7) is 6.39. The zero-order valence-electron chi connectivity index (χ0n) is 9.92. The summed E-state index contributed by atoms with van der Waals surface area (Å²) >= 11 is 0. The van der Waals surface area contributed by atoms with Crippen molar-refractivity contribution in [1.82, 2.24) is 10.3 Å². The van der Waals surface area contributed by atoms with Gasteiger partial charge in [0.1, 0.15) is 0 Å². The Kier molecular flexibility index (Phi) is 6.02. The molecular formula is C13H22N2. The summed E-state index contributed by atoms with van der Waals surface area (Å²) < 4.78 is 0. The van der Waals surface area contributed by atoms with E-state index < -0.39 is 0 Å². The first-order chi connectivity index (χ1) is 7.33. The van der Waals surface area contributed by atoms with Crippen LogP contribution in [0.1, 0.15) is 43.7 Å². The van der Waals surface area contributed by atoms with Crippen molar-refractivity contribution in [2.45, 2.75) is 46.1 Å². The zero-order valence-corrected chi connectivity index (χ0v) is 9.92. The van der Waals surface area contributed by atoms with Gasteiger partial charge in [0, 0.05) is 18.9 Å². The molecule has 0 aliphatic carbocycles. The summed E-state index contributed by atoms with van der Waals surface area (Å²) in [7, 11) is 0. The maximum Gasteiger partial charge on any atom is 0.0313 e. The Bertz CT molecular complexity index is 271. The second kappa shape index (κ2) is 7.41. The Hall–Kier alpha value is -0.890. The van der Waals surface area contributed by atoms with E-state index in [1.54, 1.807) is 0 Å². The van der Waals surface area contributed by atoms with E-state index in [1.807, 2.05) is 12.4 Å². The fraction of sp³-hybridized carbons (Fsp3) is 0.615. The van der Waals surface area contributed by atoms with Gasteiger partial charge in [0.05, 0.1) is 0 Å². The summed E-state index contributed by atoms with van der Waals surface area (Å²) in [6, 6.07) is 2.19. The SMILES string of the molecule is CCCCCCNCc1cncc(C)c1. The van der Waals surface area contributed by atoms with E-state index in [2.05, 4.69) is 30.2 Å². The van der Waals surface area contributed by atoms with Gasteiger partial charge >= 0.3 is 0 Å². The van der Waals surface area contributed by atoms with Crippen molar-refractivity contribution >= 4 is 0 Å². The number of unbranched alkanes of at least 4 members (excludes halogenated alkanes) is 3. The second-order valence-corrected chi connectivity index (χ2v) is 4.11. The van der Waals surface area contributed by atoms with Crippen LogP contribution in [-0.4, -0.2) is 11.5 Å². The van der Waals surface area contributed by atoms with Gasteiger partial charge in [-0.05, 0) is 31.0 Å². The Morgan fingerprint density at radius 1 is 1.20 bits per heavy atom. The van der Waals surface area contributed by atoms with Crippen LogP contribution in [0.3, 0.4) is 0 Å². The highest BCUT2D eigenvalue weighted by Crippen LogP contribution is 2.01. The smallest absolute Gasteiger partial charge is 0.0313 e. The van der Waals surface area contributed by atoms with Crippen molar-refractivity contribution in [2.24, 2.45) is 0 Å². The number of pyridine rings is 1. The minimum absolute atomic E-state index is 0.945. The Balaban J connectivity index is 2.10. The Labute approximate surface area is 93.1 Å². The molecule has 0 radical (unpaired) electrons. The first-order valence-corrected chi connectivity index (χ1v) is 5.94. The molecule has 15 heavy (non-hydrogen) atoms. The molecule has 0 aromatic carbocycles. The molecule has 0 aliphatic heterocycles. The number of hydrogen-bond donors (Lipinski definition) is 1. The van der Waals surface area contributed by atoms with Crippen LogP contribution < -0.4 is 5.32 Å². The molecule has 0 spiro atoms. The van der Waals surface area contributed by atoms with Gasteiger partial charge in [-0.15, -0.1) is 0 Å². The van der Waals surface area contributed by atoms with Gasteiger partial charge in [-0.1, -0.05) is 32.3 Å². The number of aryl methyl sites for hydroxylation is 1. The predicted octanol–water partition coefficient (Wildman–Crippen LogP) is 3.06. The monoisotopic (exact) mass is 206 g/mol. The molecule has 0 unspecified atom stereocenters. The number of aromatic nitrogens is 1. The minimum atomic E-state index is 0.945. The van der Waals surface area contributed by atoms with Crippen LogP contribution in [0.15, 0.2) is 18.5 Å². The molecule has 0 fully saturated rings. The highest BCUT2D eigenvalue weighted by Gasteiger charge is 1.93. The Morgan fingerprint density at radius 3 is 2.80 bits per heavy atom. The van der Waals surface area contributed by atoms with E-state index in [0.29, 0.717) is 0 Å². The molecule has 84 valence electrons. The van der Waals surface area contributed by atoms with E-state index in [1.165, 1.54) is 36.8 Å². The molecule has 1 aromatic heterocycles. The lowest BCUT2D eigenvalue weighted by Gasteiger charge is -2.04. The molecule has 0 atom stereocenters. The largest absolute Gasteiger partial charge is 0.313 e. The molecule has 0 saturated heterocycles. The standard InChI is InChI=1S/C13H22N2/c1-3-4-5-6-7-14-10-13-8-12(2)9-15-11-13/h8-9,11,14H,3-7,10H2,1-2H3. The number of nitrogens with zero attached hydrogens (tertiary/aromatic N) is 1. The second-order valence-electron chi connectivity index (χ2n) is 4.11. The van der Waals surface area contributed by atoms with Crippen molar-refractivity contribution < 1.29 is 0 Å². The fourth-order valence-corrected chi connectivity index (χ4v) is 1.62. The van der Waals surface area contributed by atoms with Gasteiger partial charge in [-0.25, -0.2) is 0 Å². The van der Waals surface area contributed by atoms with Crippen molar-refractivity contribution in [2.75, 3.05) is 6.54 Å². The highest BCUT2D eigenvalue weighted by molar-refractivity contribution is 5.16.